The Balaban J connectivity index is 1.45. The van der Waals surface area contributed by atoms with Crippen molar-refractivity contribution >= 4 is 22.7 Å². The molecule has 0 aliphatic carbocycles. The van der Waals surface area contributed by atoms with E-state index in [1.54, 1.807) is 0 Å². The monoisotopic (exact) mass is 351 g/mol. The summed E-state index contributed by atoms with van der Waals surface area (Å²) in [5.41, 5.74) is 2.27. The third-order valence-corrected chi connectivity index (χ3v) is 4.07. The highest BCUT2D eigenvalue weighted by Crippen LogP contribution is 2.22. The first-order chi connectivity index (χ1) is 12.6. The summed E-state index contributed by atoms with van der Waals surface area (Å²) in [6, 6.07) is 17.0. The van der Waals surface area contributed by atoms with E-state index in [1.807, 2.05) is 61.5 Å². The molecular formula is C21H21NO4. The van der Waals surface area contributed by atoms with Crippen molar-refractivity contribution in [3.8, 4) is 5.75 Å². The van der Waals surface area contributed by atoms with Gasteiger partial charge in [-0.2, -0.15) is 0 Å². The van der Waals surface area contributed by atoms with Crippen LogP contribution in [0.3, 0.4) is 0 Å². The van der Waals surface area contributed by atoms with Crippen LogP contribution in [0.4, 0.5) is 0 Å². The molecule has 26 heavy (non-hydrogen) atoms. The predicted molar refractivity (Wildman–Crippen MR) is 99.5 cm³/mol. The van der Waals surface area contributed by atoms with Gasteiger partial charge >= 0.3 is 5.97 Å². The Morgan fingerprint density at radius 2 is 1.73 bits per heavy atom. The van der Waals surface area contributed by atoms with E-state index in [0.717, 1.165) is 22.3 Å². The van der Waals surface area contributed by atoms with E-state index in [9.17, 15) is 9.59 Å². The lowest BCUT2D eigenvalue weighted by Crippen LogP contribution is -2.15. The number of Topliss-reactive ketones (excluding diaryl/α,β-unsaturated/α-hetero) is 1. The first-order valence-corrected chi connectivity index (χ1v) is 8.59. The molecule has 0 atom stereocenters. The molecule has 1 heterocycles. The first-order valence-electron chi connectivity index (χ1n) is 8.59. The Hall–Kier alpha value is -3.08. The van der Waals surface area contributed by atoms with E-state index in [-0.39, 0.29) is 18.8 Å². The van der Waals surface area contributed by atoms with E-state index < -0.39 is 5.97 Å². The lowest BCUT2D eigenvalue weighted by Gasteiger charge is -2.06. The Kier molecular flexibility index (Phi) is 5.69. The van der Waals surface area contributed by atoms with Gasteiger partial charge in [0, 0.05) is 28.6 Å². The molecule has 0 spiro atoms. The van der Waals surface area contributed by atoms with Crippen molar-refractivity contribution in [1.82, 2.24) is 4.98 Å². The second-order valence-corrected chi connectivity index (χ2v) is 6.02. The van der Waals surface area contributed by atoms with Crippen LogP contribution in [0.1, 0.15) is 28.9 Å². The van der Waals surface area contributed by atoms with Crippen molar-refractivity contribution in [3.05, 3.63) is 65.9 Å². The topological polar surface area (TPSA) is 68.4 Å². The zero-order chi connectivity index (χ0) is 18.4. The molecule has 134 valence electrons. The number of ketones is 1. The van der Waals surface area contributed by atoms with Gasteiger partial charge < -0.3 is 14.5 Å². The molecule has 0 aliphatic heterocycles. The van der Waals surface area contributed by atoms with Gasteiger partial charge in [0.25, 0.3) is 0 Å². The fraction of sp³-hybridized carbons (Fsp3) is 0.238. The van der Waals surface area contributed by atoms with Crippen LogP contribution in [0.25, 0.3) is 10.9 Å². The number of aromatic amines is 1. The van der Waals surface area contributed by atoms with E-state index in [0.29, 0.717) is 18.6 Å². The van der Waals surface area contributed by atoms with Gasteiger partial charge in [-0.15, -0.1) is 0 Å². The van der Waals surface area contributed by atoms with Crippen LogP contribution in [-0.4, -0.2) is 30.0 Å². The molecule has 2 aromatic carbocycles. The lowest BCUT2D eigenvalue weighted by atomic mass is 10.1. The lowest BCUT2D eigenvalue weighted by molar-refractivity contribution is -0.142. The number of fused-ring (bicyclic) bond motifs is 1. The van der Waals surface area contributed by atoms with E-state index in [1.165, 1.54) is 0 Å². The van der Waals surface area contributed by atoms with Crippen LogP contribution >= 0.6 is 0 Å². The van der Waals surface area contributed by atoms with Crippen LogP contribution in [0, 0.1) is 6.92 Å². The number of carbonyl (C=O) groups is 2. The van der Waals surface area contributed by atoms with Crippen LogP contribution in [-0.2, 0) is 9.53 Å². The molecular weight excluding hydrogens is 330 g/mol. The summed E-state index contributed by atoms with van der Waals surface area (Å²) in [6.45, 7) is 2.02. The van der Waals surface area contributed by atoms with Gasteiger partial charge in [0.2, 0.25) is 5.78 Å². The summed E-state index contributed by atoms with van der Waals surface area (Å²) in [5.74, 6) is 0.173. The zero-order valence-electron chi connectivity index (χ0n) is 14.7. The number of para-hydroxylation sites is 2. The minimum Gasteiger partial charge on any atom is -0.494 e. The summed E-state index contributed by atoms with van der Waals surface area (Å²) in [6.07, 6.45) is 0.751. The fourth-order valence-electron chi connectivity index (χ4n) is 2.85. The Labute approximate surface area is 151 Å². The maximum absolute atomic E-state index is 12.4. The molecule has 3 rings (SSSR count). The number of rotatable bonds is 8. The van der Waals surface area contributed by atoms with Crippen LogP contribution < -0.4 is 4.74 Å². The smallest absolute Gasteiger partial charge is 0.306 e. The summed E-state index contributed by atoms with van der Waals surface area (Å²) in [5, 5.41) is 0.849. The van der Waals surface area contributed by atoms with Crippen molar-refractivity contribution in [2.75, 3.05) is 13.2 Å². The normalized spacial score (nSPS) is 10.7. The van der Waals surface area contributed by atoms with Gasteiger partial charge in [0.15, 0.2) is 6.61 Å². The molecule has 0 aliphatic rings. The van der Waals surface area contributed by atoms with Gasteiger partial charge in [0.1, 0.15) is 5.75 Å². The van der Waals surface area contributed by atoms with Crippen molar-refractivity contribution in [2.24, 2.45) is 0 Å². The highest BCUT2D eigenvalue weighted by Gasteiger charge is 2.17. The van der Waals surface area contributed by atoms with Gasteiger partial charge in [-0.05, 0) is 31.5 Å². The second kappa shape index (κ2) is 8.34. The van der Waals surface area contributed by atoms with E-state index in [2.05, 4.69) is 4.98 Å². The molecule has 5 heteroatoms. The van der Waals surface area contributed by atoms with Gasteiger partial charge in [-0.1, -0.05) is 36.4 Å². The average molecular weight is 351 g/mol. The Morgan fingerprint density at radius 3 is 2.54 bits per heavy atom. The molecule has 0 saturated heterocycles. The van der Waals surface area contributed by atoms with Crippen LogP contribution in [0.5, 0.6) is 5.75 Å². The van der Waals surface area contributed by atoms with Gasteiger partial charge in [-0.3, -0.25) is 9.59 Å². The summed E-state index contributed by atoms with van der Waals surface area (Å²) >= 11 is 0. The van der Waals surface area contributed by atoms with Gasteiger partial charge in [0.05, 0.1) is 6.61 Å². The Morgan fingerprint density at radius 1 is 1.00 bits per heavy atom. The summed E-state index contributed by atoms with van der Waals surface area (Å²) < 4.78 is 10.7. The molecule has 0 saturated carbocycles. The number of carbonyl (C=O) groups excluding carboxylic acids is 2. The largest absolute Gasteiger partial charge is 0.494 e. The number of hydrogen-bond acceptors (Lipinski definition) is 4. The number of aromatic nitrogens is 1. The minimum atomic E-state index is -0.396. The van der Waals surface area contributed by atoms with E-state index in [4.69, 9.17) is 9.47 Å². The number of esters is 1. The molecule has 5 nitrogen and oxygen atoms in total. The second-order valence-electron chi connectivity index (χ2n) is 6.02. The predicted octanol–water partition coefficient (Wildman–Crippen LogP) is 4.06. The molecule has 3 aromatic rings. The summed E-state index contributed by atoms with van der Waals surface area (Å²) in [4.78, 5) is 27.5. The number of ether oxygens (including phenoxy) is 2. The van der Waals surface area contributed by atoms with Crippen LogP contribution in [0.2, 0.25) is 0 Å². The number of benzene rings is 2. The molecule has 0 bridgehead atoms. The van der Waals surface area contributed by atoms with Crippen molar-refractivity contribution in [3.63, 3.8) is 0 Å². The van der Waals surface area contributed by atoms with Gasteiger partial charge in [-0.25, -0.2) is 0 Å². The molecule has 1 aromatic heterocycles. The quantitative estimate of drug-likeness (QED) is 0.377. The maximum atomic E-state index is 12.4. The molecule has 0 amide bonds. The third-order valence-electron chi connectivity index (χ3n) is 4.07. The average Bonchev–Trinajstić information content (AvgIpc) is 3.00. The van der Waals surface area contributed by atoms with Crippen molar-refractivity contribution in [1.29, 1.82) is 0 Å². The molecule has 1 N–H and O–H groups in total. The molecule has 0 unspecified atom stereocenters. The molecule has 0 fully saturated rings. The number of H-pyrrole nitrogens is 1. The zero-order valence-corrected chi connectivity index (χ0v) is 14.7. The highest BCUT2D eigenvalue weighted by atomic mass is 16.5. The Bertz CT molecular complexity index is 899. The van der Waals surface area contributed by atoms with Crippen LogP contribution in [0.15, 0.2) is 54.6 Å². The SMILES string of the molecule is Cc1[nH]c2ccccc2c1C(=O)COC(=O)CCCOc1ccccc1. The number of hydrogen-bond donors (Lipinski definition) is 1. The third kappa shape index (κ3) is 4.30. The van der Waals surface area contributed by atoms with Crippen molar-refractivity contribution < 1.29 is 19.1 Å². The minimum absolute atomic E-state index is 0.200. The molecule has 0 radical (unpaired) electrons. The highest BCUT2D eigenvalue weighted by molar-refractivity contribution is 6.10. The number of nitrogens with one attached hydrogen (secondary N) is 1. The maximum Gasteiger partial charge on any atom is 0.306 e. The van der Waals surface area contributed by atoms with Crippen molar-refractivity contribution in [2.45, 2.75) is 19.8 Å². The fourth-order valence-corrected chi connectivity index (χ4v) is 2.85. The summed E-state index contributed by atoms with van der Waals surface area (Å²) in [7, 11) is 0. The standard InChI is InChI=1S/C21H21NO4/c1-15-21(17-10-5-6-11-18(17)22-15)19(23)14-26-20(24)12-7-13-25-16-8-3-2-4-9-16/h2-6,8-11,22H,7,12-14H2,1H3. The number of aryl methyl sites for hydroxylation is 1. The first kappa shape index (κ1) is 17.7. The van der Waals surface area contributed by atoms with E-state index >= 15 is 0 Å².